The lowest BCUT2D eigenvalue weighted by molar-refractivity contribution is -0.133. The van der Waals surface area contributed by atoms with Gasteiger partial charge in [-0.25, -0.2) is 0 Å². The second-order valence-corrected chi connectivity index (χ2v) is 4.66. The van der Waals surface area contributed by atoms with E-state index >= 15 is 0 Å². The van der Waals surface area contributed by atoms with Gasteiger partial charge in [0.25, 0.3) is 0 Å². The Morgan fingerprint density at radius 2 is 2.25 bits per heavy atom. The number of oxime groups is 1. The maximum absolute atomic E-state index is 12.2. The van der Waals surface area contributed by atoms with Gasteiger partial charge < -0.3 is 20.9 Å². The number of amidine groups is 1. The monoisotopic (exact) mass is 227 g/mol. The molecule has 1 amide bonds. The van der Waals surface area contributed by atoms with Crippen molar-refractivity contribution >= 4 is 11.7 Å². The minimum atomic E-state index is -0.751. The van der Waals surface area contributed by atoms with Crippen molar-refractivity contribution in [2.24, 2.45) is 22.2 Å². The molecule has 1 heterocycles. The highest BCUT2D eigenvalue weighted by Gasteiger charge is 2.56. The van der Waals surface area contributed by atoms with Gasteiger partial charge in [-0.15, -0.1) is 0 Å². The van der Waals surface area contributed by atoms with Crippen LogP contribution in [0.4, 0.5) is 0 Å². The molecule has 90 valence electrons. The zero-order valence-corrected chi connectivity index (χ0v) is 9.09. The van der Waals surface area contributed by atoms with Crippen LogP contribution in [-0.2, 0) is 4.79 Å². The molecule has 1 saturated heterocycles. The summed E-state index contributed by atoms with van der Waals surface area (Å²) in [5, 5.41) is 20.6. The minimum Gasteiger partial charge on any atom is -0.409 e. The van der Waals surface area contributed by atoms with Crippen molar-refractivity contribution in [1.29, 1.82) is 0 Å². The standard InChI is InChI=1S/C10H17N3O3/c11-8(12-16)10(2-3-10)9(15)13-4-1-7(5-13)6-14/h7,14,16H,1-6H2,(H2,11,12). The summed E-state index contributed by atoms with van der Waals surface area (Å²) < 4.78 is 0. The lowest BCUT2D eigenvalue weighted by Gasteiger charge is -2.22. The van der Waals surface area contributed by atoms with Crippen molar-refractivity contribution < 1.29 is 15.1 Å². The van der Waals surface area contributed by atoms with Crippen molar-refractivity contribution in [2.45, 2.75) is 19.3 Å². The Bertz CT molecular complexity index is 325. The van der Waals surface area contributed by atoms with Crippen molar-refractivity contribution in [3.05, 3.63) is 0 Å². The summed E-state index contributed by atoms with van der Waals surface area (Å²) in [6, 6.07) is 0. The quantitative estimate of drug-likeness (QED) is 0.258. The summed E-state index contributed by atoms with van der Waals surface area (Å²) in [6.07, 6.45) is 2.14. The topological polar surface area (TPSA) is 99.2 Å². The molecule has 1 atom stereocenters. The first kappa shape index (κ1) is 11.2. The lowest BCUT2D eigenvalue weighted by atomic mass is 10.0. The first-order chi connectivity index (χ1) is 7.64. The Morgan fingerprint density at radius 1 is 1.56 bits per heavy atom. The molecule has 2 fully saturated rings. The number of amides is 1. The van der Waals surface area contributed by atoms with Crippen LogP contribution < -0.4 is 5.73 Å². The molecule has 1 aliphatic heterocycles. The van der Waals surface area contributed by atoms with Crippen LogP contribution in [-0.4, -0.2) is 46.7 Å². The number of aliphatic hydroxyl groups is 1. The predicted octanol–water partition coefficient (Wildman–Crippen LogP) is -0.646. The van der Waals surface area contributed by atoms with Crippen molar-refractivity contribution in [1.82, 2.24) is 4.90 Å². The fraction of sp³-hybridized carbons (Fsp3) is 0.800. The maximum Gasteiger partial charge on any atom is 0.236 e. The number of likely N-dealkylation sites (tertiary alicyclic amines) is 1. The summed E-state index contributed by atoms with van der Waals surface area (Å²) in [5.74, 6) is 0.135. The van der Waals surface area contributed by atoms with Crippen molar-refractivity contribution in [2.75, 3.05) is 19.7 Å². The van der Waals surface area contributed by atoms with E-state index in [1.807, 2.05) is 0 Å². The average molecular weight is 227 g/mol. The third kappa shape index (κ3) is 1.63. The zero-order valence-electron chi connectivity index (χ0n) is 9.09. The number of hydrogen-bond donors (Lipinski definition) is 3. The number of hydrogen-bond acceptors (Lipinski definition) is 4. The number of aliphatic hydroxyl groups excluding tert-OH is 1. The SMILES string of the molecule is NC(=NO)C1(C(=O)N2CCC(CO)C2)CC1. The molecule has 0 aromatic carbocycles. The van der Waals surface area contributed by atoms with E-state index in [2.05, 4.69) is 5.16 Å². The minimum absolute atomic E-state index is 0.0185. The summed E-state index contributed by atoms with van der Waals surface area (Å²) in [4.78, 5) is 13.9. The highest BCUT2D eigenvalue weighted by molar-refractivity contribution is 6.09. The van der Waals surface area contributed by atoms with Crippen LogP contribution in [0, 0.1) is 11.3 Å². The molecule has 6 heteroatoms. The Morgan fingerprint density at radius 3 is 2.69 bits per heavy atom. The van der Waals surface area contributed by atoms with Crippen LogP contribution in [0.25, 0.3) is 0 Å². The number of rotatable bonds is 3. The van der Waals surface area contributed by atoms with Crippen LogP contribution in [0.5, 0.6) is 0 Å². The van der Waals surface area contributed by atoms with E-state index in [1.165, 1.54) is 0 Å². The van der Waals surface area contributed by atoms with E-state index in [0.29, 0.717) is 25.9 Å². The Kier molecular flexibility index (Phi) is 2.75. The van der Waals surface area contributed by atoms with E-state index < -0.39 is 5.41 Å². The van der Waals surface area contributed by atoms with Gasteiger partial charge in [0.05, 0.1) is 0 Å². The van der Waals surface area contributed by atoms with Crippen LogP contribution in [0.2, 0.25) is 0 Å². The third-order valence-corrected chi connectivity index (χ3v) is 3.59. The third-order valence-electron chi connectivity index (χ3n) is 3.59. The number of nitrogens with two attached hydrogens (primary N) is 1. The number of nitrogens with zero attached hydrogens (tertiary/aromatic N) is 2. The van der Waals surface area contributed by atoms with Gasteiger partial charge >= 0.3 is 0 Å². The van der Waals surface area contributed by atoms with E-state index in [1.54, 1.807) is 4.90 Å². The Balaban J connectivity index is 2.04. The van der Waals surface area contributed by atoms with Crippen LogP contribution in [0.1, 0.15) is 19.3 Å². The lowest BCUT2D eigenvalue weighted by Crippen LogP contribution is -2.42. The molecule has 0 aromatic rings. The van der Waals surface area contributed by atoms with Crippen LogP contribution in [0.15, 0.2) is 5.16 Å². The first-order valence-corrected chi connectivity index (χ1v) is 5.52. The second-order valence-electron chi connectivity index (χ2n) is 4.66. The smallest absolute Gasteiger partial charge is 0.236 e. The van der Waals surface area contributed by atoms with E-state index in [-0.39, 0.29) is 24.3 Å². The second kappa shape index (κ2) is 3.93. The molecule has 1 saturated carbocycles. The molecule has 6 nitrogen and oxygen atoms in total. The van der Waals surface area contributed by atoms with Gasteiger partial charge in [0.2, 0.25) is 5.91 Å². The normalized spacial score (nSPS) is 28.2. The van der Waals surface area contributed by atoms with Gasteiger partial charge in [-0.1, -0.05) is 5.16 Å². The summed E-state index contributed by atoms with van der Waals surface area (Å²) in [6.45, 7) is 1.35. The molecule has 2 aliphatic rings. The van der Waals surface area contributed by atoms with Crippen LogP contribution in [0.3, 0.4) is 0 Å². The summed E-state index contributed by atoms with van der Waals surface area (Å²) >= 11 is 0. The van der Waals surface area contributed by atoms with E-state index in [9.17, 15) is 4.79 Å². The fourth-order valence-corrected chi connectivity index (χ4v) is 2.27. The molecule has 0 spiro atoms. The molecule has 2 rings (SSSR count). The average Bonchev–Trinajstić information content (AvgIpc) is 2.98. The van der Waals surface area contributed by atoms with Gasteiger partial charge in [-0.05, 0) is 19.3 Å². The summed E-state index contributed by atoms with van der Waals surface area (Å²) in [5.41, 5.74) is 4.80. The fourth-order valence-electron chi connectivity index (χ4n) is 2.27. The van der Waals surface area contributed by atoms with Gasteiger partial charge in [0.1, 0.15) is 5.41 Å². The summed E-state index contributed by atoms with van der Waals surface area (Å²) in [7, 11) is 0. The molecule has 16 heavy (non-hydrogen) atoms. The highest BCUT2D eigenvalue weighted by Crippen LogP contribution is 2.48. The molecule has 0 bridgehead atoms. The molecule has 0 aromatic heterocycles. The van der Waals surface area contributed by atoms with Gasteiger partial charge in [0.15, 0.2) is 5.84 Å². The molecule has 0 radical (unpaired) electrons. The molecular formula is C10H17N3O3. The Labute approximate surface area is 93.7 Å². The van der Waals surface area contributed by atoms with Crippen molar-refractivity contribution in [3.8, 4) is 0 Å². The number of carbonyl (C=O) groups is 1. The van der Waals surface area contributed by atoms with E-state index in [4.69, 9.17) is 16.0 Å². The maximum atomic E-state index is 12.2. The molecule has 4 N–H and O–H groups in total. The van der Waals surface area contributed by atoms with Crippen molar-refractivity contribution in [3.63, 3.8) is 0 Å². The predicted molar refractivity (Wildman–Crippen MR) is 56.8 cm³/mol. The van der Waals surface area contributed by atoms with E-state index in [0.717, 1.165) is 6.42 Å². The van der Waals surface area contributed by atoms with Gasteiger partial charge in [0, 0.05) is 25.6 Å². The zero-order chi connectivity index (χ0) is 11.8. The molecular weight excluding hydrogens is 210 g/mol. The number of carbonyl (C=O) groups excluding carboxylic acids is 1. The van der Waals surface area contributed by atoms with Gasteiger partial charge in [-0.2, -0.15) is 0 Å². The van der Waals surface area contributed by atoms with Gasteiger partial charge in [-0.3, -0.25) is 4.79 Å². The largest absolute Gasteiger partial charge is 0.409 e. The highest BCUT2D eigenvalue weighted by atomic mass is 16.4. The molecule has 1 unspecified atom stereocenters. The van der Waals surface area contributed by atoms with Crippen LogP contribution >= 0.6 is 0 Å². The Hall–Kier alpha value is -1.30. The molecule has 1 aliphatic carbocycles. The first-order valence-electron chi connectivity index (χ1n) is 5.52.